The maximum Gasteiger partial charge on any atom is 0.251 e. The van der Waals surface area contributed by atoms with Crippen LogP contribution in [0.5, 0.6) is 0 Å². The van der Waals surface area contributed by atoms with Gasteiger partial charge < -0.3 is 16.4 Å². The molecule has 0 aliphatic rings. The van der Waals surface area contributed by atoms with Crippen molar-refractivity contribution in [1.29, 1.82) is 0 Å². The SMILES string of the molecule is CCNC(=O)c1ccc(Nc2cccc3ccccc23)c(N)c1. The van der Waals surface area contributed by atoms with Gasteiger partial charge in [0.15, 0.2) is 0 Å². The summed E-state index contributed by atoms with van der Waals surface area (Å²) in [5, 5.41) is 8.41. The minimum atomic E-state index is -0.115. The number of amides is 1. The van der Waals surface area contributed by atoms with Crippen LogP contribution in [0.15, 0.2) is 60.7 Å². The summed E-state index contributed by atoms with van der Waals surface area (Å²) in [5.74, 6) is -0.115. The smallest absolute Gasteiger partial charge is 0.251 e. The topological polar surface area (TPSA) is 67.2 Å². The van der Waals surface area contributed by atoms with E-state index in [4.69, 9.17) is 5.73 Å². The number of nitrogens with one attached hydrogen (secondary N) is 2. The molecular formula is C19H19N3O. The minimum Gasteiger partial charge on any atom is -0.397 e. The molecule has 23 heavy (non-hydrogen) atoms. The monoisotopic (exact) mass is 305 g/mol. The Labute approximate surface area is 135 Å². The average Bonchev–Trinajstić information content (AvgIpc) is 2.57. The van der Waals surface area contributed by atoms with Gasteiger partial charge >= 0.3 is 0 Å². The molecule has 1 amide bonds. The molecule has 0 heterocycles. The number of nitrogen functional groups attached to an aromatic ring is 1. The first-order valence-corrected chi connectivity index (χ1v) is 7.61. The van der Waals surface area contributed by atoms with Gasteiger partial charge in [-0.25, -0.2) is 0 Å². The standard InChI is InChI=1S/C19H19N3O/c1-2-21-19(23)14-10-11-18(16(20)12-14)22-17-9-5-7-13-6-3-4-8-15(13)17/h3-12,22H,2,20H2,1H3,(H,21,23). The number of hydrogen-bond donors (Lipinski definition) is 3. The maximum atomic E-state index is 11.9. The third-order valence-corrected chi connectivity index (χ3v) is 3.71. The van der Waals surface area contributed by atoms with Crippen LogP contribution in [0.3, 0.4) is 0 Å². The van der Waals surface area contributed by atoms with E-state index >= 15 is 0 Å². The summed E-state index contributed by atoms with van der Waals surface area (Å²) in [4.78, 5) is 11.9. The fraction of sp³-hybridized carbons (Fsp3) is 0.105. The lowest BCUT2D eigenvalue weighted by Crippen LogP contribution is -2.22. The van der Waals surface area contributed by atoms with Crippen molar-refractivity contribution < 1.29 is 4.79 Å². The Morgan fingerprint density at radius 1 is 1.00 bits per heavy atom. The summed E-state index contributed by atoms with van der Waals surface area (Å²) < 4.78 is 0. The first-order chi connectivity index (χ1) is 11.2. The molecule has 0 unspecified atom stereocenters. The lowest BCUT2D eigenvalue weighted by atomic mass is 10.1. The van der Waals surface area contributed by atoms with Crippen molar-refractivity contribution in [2.24, 2.45) is 0 Å². The Bertz CT molecular complexity index is 853. The van der Waals surface area contributed by atoms with E-state index in [2.05, 4.69) is 28.8 Å². The first-order valence-electron chi connectivity index (χ1n) is 7.61. The second-order valence-electron chi connectivity index (χ2n) is 5.31. The van der Waals surface area contributed by atoms with E-state index in [1.807, 2.05) is 37.3 Å². The molecule has 0 aliphatic heterocycles. The Hall–Kier alpha value is -3.01. The molecule has 0 bridgehead atoms. The van der Waals surface area contributed by atoms with Crippen LogP contribution in [0.1, 0.15) is 17.3 Å². The van der Waals surface area contributed by atoms with Crippen LogP contribution in [0, 0.1) is 0 Å². The quantitative estimate of drug-likeness (QED) is 0.640. The van der Waals surface area contributed by atoms with Crippen LogP contribution in [0.25, 0.3) is 10.8 Å². The van der Waals surface area contributed by atoms with Gasteiger partial charge in [0, 0.05) is 23.2 Å². The predicted molar refractivity (Wildman–Crippen MR) is 96.1 cm³/mol. The Kier molecular flexibility index (Phi) is 4.15. The molecular weight excluding hydrogens is 286 g/mol. The van der Waals surface area contributed by atoms with Crippen LogP contribution in [0.2, 0.25) is 0 Å². The molecule has 4 heteroatoms. The summed E-state index contributed by atoms with van der Waals surface area (Å²) >= 11 is 0. The van der Waals surface area contributed by atoms with Gasteiger partial charge in [-0.15, -0.1) is 0 Å². The van der Waals surface area contributed by atoms with Crippen LogP contribution in [-0.2, 0) is 0 Å². The van der Waals surface area contributed by atoms with E-state index in [0.717, 1.165) is 22.1 Å². The Morgan fingerprint density at radius 3 is 2.57 bits per heavy atom. The van der Waals surface area contributed by atoms with Gasteiger partial charge in [0.1, 0.15) is 0 Å². The number of carbonyl (C=O) groups is 1. The largest absolute Gasteiger partial charge is 0.397 e. The minimum absolute atomic E-state index is 0.115. The molecule has 3 rings (SSSR count). The van der Waals surface area contributed by atoms with Crippen LogP contribution in [-0.4, -0.2) is 12.5 Å². The van der Waals surface area contributed by atoms with Gasteiger partial charge in [0.2, 0.25) is 0 Å². The summed E-state index contributed by atoms with van der Waals surface area (Å²) in [6.07, 6.45) is 0. The number of anilines is 3. The Balaban J connectivity index is 1.92. The van der Waals surface area contributed by atoms with E-state index in [0.29, 0.717) is 17.8 Å². The van der Waals surface area contributed by atoms with Crippen molar-refractivity contribution in [1.82, 2.24) is 5.32 Å². The van der Waals surface area contributed by atoms with Crippen molar-refractivity contribution in [3.05, 3.63) is 66.2 Å². The number of fused-ring (bicyclic) bond motifs is 1. The normalized spacial score (nSPS) is 10.5. The van der Waals surface area contributed by atoms with E-state index in [-0.39, 0.29) is 5.91 Å². The lowest BCUT2D eigenvalue weighted by molar-refractivity contribution is 0.0956. The van der Waals surface area contributed by atoms with E-state index < -0.39 is 0 Å². The van der Waals surface area contributed by atoms with Crippen molar-refractivity contribution in [3.63, 3.8) is 0 Å². The fourth-order valence-electron chi connectivity index (χ4n) is 2.56. The summed E-state index contributed by atoms with van der Waals surface area (Å²) in [6, 6.07) is 19.6. The molecule has 0 atom stereocenters. The Morgan fingerprint density at radius 2 is 1.78 bits per heavy atom. The number of nitrogens with two attached hydrogens (primary N) is 1. The number of rotatable bonds is 4. The third kappa shape index (κ3) is 3.11. The van der Waals surface area contributed by atoms with Gasteiger partial charge in [0.05, 0.1) is 11.4 Å². The zero-order chi connectivity index (χ0) is 16.2. The van der Waals surface area contributed by atoms with Gasteiger partial charge in [0.25, 0.3) is 5.91 Å². The molecule has 116 valence electrons. The highest BCUT2D eigenvalue weighted by molar-refractivity contribution is 5.98. The molecule has 0 spiro atoms. The molecule has 3 aromatic carbocycles. The molecule has 0 aromatic heterocycles. The molecule has 0 saturated heterocycles. The molecule has 0 radical (unpaired) electrons. The second-order valence-corrected chi connectivity index (χ2v) is 5.31. The van der Waals surface area contributed by atoms with Crippen LogP contribution in [0.4, 0.5) is 17.1 Å². The van der Waals surface area contributed by atoms with Gasteiger partial charge in [-0.05, 0) is 36.6 Å². The second kappa shape index (κ2) is 6.40. The summed E-state index contributed by atoms with van der Waals surface area (Å²) in [7, 11) is 0. The van der Waals surface area contributed by atoms with E-state index in [1.165, 1.54) is 0 Å². The van der Waals surface area contributed by atoms with Gasteiger partial charge in [-0.1, -0.05) is 36.4 Å². The molecule has 0 fully saturated rings. The summed E-state index contributed by atoms with van der Waals surface area (Å²) in [5.41, 5.74) is 8.98. The number of benzene rings is 3. The van der Waals surface area contributed by atoms with Crippen LogP contribution < -0.4 is 16.4 Å². The average molecular weight is 305 g/mol. The highest BCUT2D eigenvalue weighted by atomic mass is 16.1. The molecule has 4 nitrogen and oxygen atoms in total. The van der Waals surface area contributed by atoms with Crippen molar-refractivity contribution in [3.8, 4) is 0 Å². The first kappa shape index (κ1) is 14.9. The van der Waals surface area contributed by atoms with Crippen molar-refractivity contribution in [2.75, 3.05) is 17.6 Å². The maximum absolute atomic E-state index is 11.9. The number of carbonyl (C=O) groups excluding carboxylic acids is 1. The van der Waals surface area contributed by atoms with E-state index in [9.17, 15) is 4.79 Å². The molecule has 4 N–H and O–H groups in total. The van der Waals surface area contributed by atoms with Crippen molar-refractivity contribution >= 4 is 33.7 Å². The van der Waals surface area contributed by atoms with Crippen molar-refractivity contribution in [2.45, 2.75) is 6.92 Å². The predicted octanol–water partition coefficient (Wildman–Crippen LogP) is 3.92. The number of hydrogen-bond acceptors (Lipinski definition) is 3. The highest BCUT2D eigenvalue weighted by Crippen LogP contribution is 2.29. The summed E-state index contributed by atoms with van der Waals surface area (Å²) in [6.45, 7) is 2.48. The lowest BCUT2D eigenvalue weighted by Gasteiger charge is -2.13. The highest BCUT2D eigenvalue weighted by Gasteiger charge is 2.08. The fourth-order valence-corrected chi connectivity index (χ4v) is 2.56. The van der Waals surface area contributed by atoms with Gasteiger partial charge in [-0.2, -0.15) is 0 Å². The van der Waals surface area contributed by atoms with Crippen LogP contribution >= 0.6 is 0 Å². The van der Waals surface area contributed by atoms with Gasteiger partial charge in [-0.3, -0.25) is 4.79 Å². The van der Waals surface area contributed by atoms with E-state index in [1.54, 1.807) is 12.1 Å². The third-order valence-electron chi connectivity index (χ3n) is 3.71. The molecule has 3 aromatic rings. The zero-order valence-electron chi connectivity index (χ0n) is 13.0. The molecule has 0 saturated carbocycles. The molecule has 0 aliphatic carbocycles. The zero-order valence-corrected chi connectivity index (χ0v) is 13.0.